The average molecular weight is 317 g/mol. The summed E-state index contributed by atoms with van der Waals surface area (Å²) in [5.74, 6) is -0.306. The van der Waals surface area contributed by atoms with E-state index in [1.807, 2.05) is 18.2 Å². The predicted molar refractivity (Wildman–Crippen MR) is 72.7 cm³/mol. The molecule has 5 nitrogen and oxygen atoms in total. The van der Waals surface area contributed by atoms with Gasteiger partial charge in [-0.3, -0.25) is 4.79 Å². The Labute approximate surface area is 114 Å². The monoisotopic (exact) mass is 316 g/mol. The van der Waals surface area contributed by atoms with Gasteiger partial charge in [-0.15, -0.1) is 0 Å². The van der Waals surface area contributed by atoms with Crippen LogP contribution in [0.1, 0.15) is 18.0 Å². The van der Waals surface area contributed by atoms with Gasteiger partial charge in [0.25, 0.3) is 0 Å². The second-order valence-corrected chi connectivity index (χ2v) is 4.82. The highest BCUT2D eigenvalue weighted by Gasteiger charge is 2.21. The Balaban J connectivity index is 3.00. The van der Waals surface area contributed by atoms with Gasteiger partial charge in [0, 0.05) is 16.1 Å². The fourth-order valence-electron chi connectivity index (χ4n) is 1.73. The van der Waals surface area contributed by atoms with Crippen LogP contribution in [0.15, 0.2) is 22.7 Å². The molecular formula is C12H17BrN2O3. The maximum Gasteiger partial charge on any atom is 0.320 e. The van der Waals surface area contributed by atoms with E-state index in [0.29, 0.717) is 12.2 Å². The van der Waals surface area contributed by atoms with Crippen LogP contribution in [0.5, 0.6) is 5.75 Å². The van der Waals surface area contributed by atoms with Crippen LogP contribution in [0, 0.1) is 0 Å². The van der Waals surface area contributed by atoms with E-state index in [4.69, 9.17) is 15.6 Å². The highest BCUT2D eigenvalue weighted by molar-refractivity contribution is 9.10. The predicted octanol–water partition coefficient (Wildman–Crippen LogP) is 1.52. The molecule has 0 amide bonds. The van der Waals surface area contributed by atoms with Crippen LogP contribution in [0.4, 0.5) is 0 Å². The molecule has 0 saturated carbocycles. The molecular weight excluding hydrogens is 300 g/mol. The zero-order chi connectivity index (χ0) is 13.7. The van der Waals surface area contributed by atoms with E-state index in [2.05, 4.69) is 21.2 Å². The quantitative estimate of drug-likeness (QED) is 0.741. The fraction of sp³-hybridized carbons (Fsp3) is 0.417. The van der Waals surface area contributed by atoms with Crippen LogP contribution in [0.25, 0.3) is 0 Å². The number of hydrogen-bond acceptors (Lipinski definition) is 4. The normalized spacial score (nSPS) is 14.0. The maximum absolute atomic E-state index is 10.8. The van der Waals surface area contributed by atoms with E-state index in [1.165, 1.54) is 0 Å². The van der Waals surface area contributed by atoms with Gasteiger partial charge in [-0.05, 0) is 31.7 Å². The number of ether oxygens (including phenoxy) is 1. The number of aliphatic carboxylic acids is 1. The third kappa shape index (κ3) is 3.69. The molecule has 100 valence electrons. The largest absolute Gasteiger partial charge is 0.496 e. The van der Waals surface area contributed by atoms with Crippen LogP contribution < -0.4 is 15.8 Å². The SMILES string of the molecule is CNC(CC(N)C(=O)O)c1cc(Br)ccc1OC. The number of nitrogens with two attached hydrogens (primary N) is 1. The molecule has 1 rings (SSSR count). The number of nitrogens with one attached hydrogen (secondary N) is 1. The highest BCUT2D eigenvalue weighted by Crippen LogP contribution is 2.30. The fourth-order valence-corrected chi connectivity index (χ4v) is 2.11. The number of carboxylic acids is 1. The zero-order valence-electron chi connectivity index (χ0n) is 10.3. The van der Waals surface area contributed by atoms with Gasteiger partial charge in [0.1, 0.15) is 11.8 Å². The molecule has 2 unspecified atom stereocenters. The topological polar surface area (TPSA) is 84.6 Å². The second kappa shape index (κ2) is 6.72. The van der Waals surface area contributed by atoms with Gasteiger partial charge in [-0.2, -0.15) is 0 Å². The van der Waals surface area contributed by atoms with Crippen LogP contribution in [0.2, 0.25) is 0 Å². The molecule has 1 aromatic rings. The van der Waals surface area contributed by atoms with Crippen molar-refractivity contribution in [2.24, 2.45) is 5.73 Å². The molecule has 0 heterocycles. The summed E-state index contributed by atoms with van der Waals surface area (Å²) in [4.78, 5) is 10.8. The molecule has 0 fully saturated rings. The van der Waals surface area contributed by atoms with Crippen molar-refractivity contribution in [3.8, 4) is 5.75 Å². The Morgan fingerprint density at radius 1 is 1.61 bits per heavy atom. The van der Waals surface area contributed by atoms with Gasteiger partial charge in [-0.25, -0.2) is 0 Å². The molecule has 18 heavy (non-hydrogen) atoms. The lowest BCUT2D eigenvalue weighted by Gasteiger charge is -2.21. The van der Waals surface area contributed by atoms with Gasteiger partial charge >= 0.3 is 5.97 Å². The summed E-state index contributed by atoms with van der Waals surface area (Å²) >= 11 is 3.39. The van der Waals surface area contributed by atoms with E-state index in [0.717, 1.165) is 10.0 Å². The molecule has 6 heteroatoms. The first-order chi connectivity index (χ1) is 8.49. The first kappa shape index (κ1) is 14.9. The molecule has 0 saturated heterocycles. The van der Waals surface area contributed by atoms with Gasteiger partial charge in [0.15, 0.2) is 0 Å². The number of carboxylic acid groups (broad SMARTS) is 1. The van der Waals surface area contributed by atoms with Crippen molar-refractivity contribution in [1.29, 1.82) is 0 Å². The molecule has 0 spiro atoms. The molecule has 4 N–H and O–H groups in total. The van der Waals surface area contributed by atoms with Gasteiger partial charge in [-0.1, -0.05) is 15.9 Å². The molecule has 0 bridgehead atoms. The summed E-state index contributed by atoms with van der Waals surface area (Å²) < 4.78 is 6.18. The number of benzene rings is 1. The first-order valence-corrected chi connectivity index (χ1v) is 6.28. The third-order valence-corrected chi connectivity index (χ3v) is 3.22. The lowest BCUT2D eigenvalue weighted by Crippen LogP contribution is -2.34. The number of rotatable bonds is 6. The minimum absolute atomic E-state index is 0.177. The Hall–Kier alpha value is -1.11. The molecule has 0 aromatic heterocycles. The van der Waals surface area contributed by atoms with Crippen LogP contribution in [-0.4, -0.2) is 31.3 Å². The maximum atomic E-state index is 10.8. The summed E-state index contributed by atoms with van der Waals surface area (Å²) in [5, 5.41) is 11.9. The van der Waals surface area contributed by atoms with Crippen molar-refractivity contribution in [3.05, 3.63) is 28.2 Å². The first-order valence-electron chi connectivity index (χ1n) is 5.48. The Morgan fingerprint density at radius 3 is 2.78 bits per heavy atom. The highest BCUT2D eigenvalue weighted by atomic mass is 79.9. The van der Waals surface area contributed by atoms with Crippen molar-refractivity contribution in [2.45, 2.75) is 18.5 Å². The van der Waals surface area contributed by atoms with Crippen LogP contribution >= 0.6 is 15.9 Å². The van der Waals surface area contributed by atoms with Gasteiger partial charge in [0.2, 0.25) is 0 Å². The van der Waals surface area contributed by atoms with Crippen molar-refractivity contribution < 1.29 is 14.6 Å². The standard InChI is InChI=1S/C12H17BrN2O3/c1-15-10(6-9(14)12(16)17)8-5-7(13)3-4-11(8)18-2/h3-5,9-10,15H,6,14H2,1-2H3,(H,16,17). The van der Waals surface area contributed by atoms with E-state index < -0.39 is 12.0 Å². The second-order valence-electron chi connectivity index (χ2n) is 3.91. The third-order valence-electron chi connectivity index (χ3n) is 2.72. The molecule has 0 aliphatic rings. The average Bonchev–Trinajstić information content (AvgIpc) is 2.35. The molecule has 1 aromatic carbocycles. The zero-order valence-corrected chi connectivity index (χ0v) is 11.9. The van der Waals surface area contributed by atoms with E-state index in [-0.39, 0.29) is 6.04 Å². The summed E-state index contributed by atoms with van der Waals surface area (Å²) in [6, 6.07) is 4.51. The summed E-state index contributed by atoms with van der Waals surface area (Å²) in [6.45, 7) is 0. The minimum Gasteiger partial charge on any atom is -0.496 e. The Kier molecular flexibility index (Phi) is 5.58. The van der Waals surface area contributed by atoms with Crippen LogP contribution in [-0.2, 0) is 4.79 Å². The lowest BCUT2D eigenvalue weighted by atomic mass is 9.99. The lowest BCUT2D eigenvalue weighted by molar-refractivity contribution is -0.138. The van der Waals surface area contributed by atoms with Crippen molar-refractivity contribution in [2.75, 3.05) is 14.2 Å². The summed E-state index contributed by atoms with van der Waals surface area (Å²) in [5.41, 5.74) is 6.45. The van der Waals surface area contributed by atoms with E-state index in [9.17, 15) is 4.79 Å². The number of carbonyl (C=O) groups is 1. The van der Waals surface area contributed by atoms with E-state index >= 15 is 0 Å². The van der Waals surface area contributed by atoms with Gasteiger partial charge < -0.3 is 20.9 Å². The number of halogens is 1. The Bertz CT molecular complexity index is 426. The van der Waals surface area contributed by atoms with Crippen molar-refractivity contribution in [3.63, 3.8) is 0 Å². The molecule has 2 atom stereocenters. The van der Waals surface area contributed by atoms with Crippen molar-refractivity contribution >= 4 is 21.9 Å². The molecule has 0 radical (unpaired) electrons. The molecule has 0 aliphatic carbocycles. The number of methoxy groups -OCH3 is 1. The molecule has 0 aliphatic heterocycles. The Morgan fingerprint density at radius 2 is 2.28 bits per heavy atom. The van der Waals surface area contributed by atoms with Crippen molar-refractivity contribution in [1.82, 2.24) is 5.32 Å². The smallest absolute Gasteiger partial charge is 0.320 e. The minimum atomic E-state index is -1.01. The van der Waals surface area contributed by atoms with Crippen LogP contribution in [0.3, 0.4) is 0 Å². The summed E-state index contributed by atoms with van der Waals surface area (Å²) in [7, 11) is 3.34. The van der Waals surface area contributed by atoms with E-state index in [1.54, 1.807) is 14.2 Å². The summed E-state index contributed by atoms with van der Waals surface area (Å²) in [6.07, 6.45) is 0.290. The van der Waals surface area contributed by atoms with Gasteiger partial charge in [0.05, 0.1) is 7.11 Å². The number of hydrogen-bond donors (Lipinski definition) is 3.